The largest absolute Gasteiger partial charge is 0.352 e. The molecule has 8 heteroatoms. The van der Waals surface area contributed by atoms with Gasteiger partial charge in [0.05, 0.1) is 0 Å². The smallest absolute Gasteiger partial charge is 0.312 e. The molecule has 0 aliphatic heterocycles. The van der Waals surface area contributed by atoms with Crippen molar-refractivity contribution < 1.29 is 4.79 Å². The molecule has 0 saturated carbocycles. The van der Waals surface area contributed by atoms with Crippen LogP contribution in [0.25, 0.3) is 5.65 Å². The predicted molar refractivity (Wildman–Crippen MR) is 66.8 cm³/mol. The molecule has 0 radical (unpaired) electrons. The highest BCUT2D eigenvalue weighted by Gasteiger charge is 2.02. The van der Waals surface area contributed by atoms with Crippen LogP contribution in [-0.2, 0) is 0 Å². The van der Waals surface area contributed by atoms with E-state index in [1.165, 1.54) is 0 Å². The summed E-state index contributed by atoms with van der Waals surface area (Å²) in [6.07, 6.45) is 1.81. The van der Waals surface area contributed by atoms with Crippen LogP contribution in [0.1, 0.15) is 0 Å². The maximum atomic E-state index is 10.4. The zero-order chi connectivity index (χ0) is 12.3. The first-order valence-electron chi connectivity index (χ1n) is 4.94. The molecule has 0 aromatic carbocycles. The van der Waals surface area contributed by atoms with Crippen LogP contribution in [-0.4, -0.2) is 33.7 Å². The van der Waals surface area contributed by atoms with Crippen molar-refractivity contribution in [1.29, 1.82) is 0 Å². The van der Waals surface area contributed by atoms with Gasteiger partial charge in [0, 0.05) is 23.8 Å². The second kappa shape index (κ2) is 5.00. The van der Waals surface area contributed by atoms with E-state index in [2.05, 4.69) is 36.6 Å². The van der Waals surface area contributed by atoms with Crippen LogP contribution in [0, 0.1) is 0 Å². The Balaban J connectivity index is 1.97. The minimum absolute atomic E-state index is 0.425. The molecule has 0 unspecified atom stereocenters. The number of rotatable bonds is 4. The molecule has 0 atom stereocenters. The zero-order valence-electron chi connectivity index (χ0n) is 8.85. The fraction of sp³-hybridized carbons (Fsp3) is 0.222. The van der Waals surface area contributed by atoms with Gasteiger partial charge in [-0.25, -0.2) is 9.31 Å². The van der Waals surface area contributed by atoms with Crippen LogP contribution in [0.3, 0.4) is 0 Å². The van der Waals surface area contributed by atoms with Gasteiger partial charge < -0.3 is 16.4 Å². The number of amides is 2. The molecule has 0 spiro atoms. The van der Waals surface area contributed by atoms with Crippen molar-refractivity contribution in [3.63, 3.8) is 0 Å². The molecule has 0 aliphatic rings. The lowest BCUT2D eigenvalue weighted by atomic mass is 10.5. The number of hydrogen-bond donors (Lipinski definition) is 3. The topological polar surface area (TPSA) is 97.3 Å². The lowest BCUT2D eigenvalue weighted by Crippen LogP contribution is -2.33. The van der Waals surface area contributed by atoms with Crippen molar-refractivity contribution in [2.75, 3.05) is 18.4 Å². The summed E-state index contributed by atoms with van der Waals surface area (Å²) in [5.41, 5.74) is 5.68. The Labute approximate surface area is 106 Å². The summed E-state index contributed by atoms with van der Waals surface area (Å²) in [5, 5.41) is 9.66. The maximum Gasteiger partial charge on any atom is 0.312 e. The first-order chi connectivity index (χ1) is 8.15. The molecule has 0 saturated heterocycles. The quantitative estimate of drug-likeness (QED) is 0.719. The molecular weight excluding hydrogens is 288 g/mol. The fourth-order valence-electron chi connectivity index (χ4n) is 1.29. The highest BCUT2D eigenvalue weighted by Crippen LogP contribution is 2.11. The summed E-state index contributed by atoms with van der Waals surface area (Å²) < 4.78 is 2.59. The van der Waals surface area contributed by atoms with Gasteiger partial charge in [0.1, 0.15) is 0 Å². The Morgan fingerprint density at radius 2 is 2.29 bits per heavy atom. The first kappa shape index (κ1) is 11.6. The highest BCUT2D eigenvalue weighted by molar-refractivity contribution is 9.10. The van der Waals surface area contributed by atoms with Crippen LogP contribution in [0.5, 0.6) is 0 Å². The Bertz CT molecular complexity index is 539. The van der Waals surface area contributed by atoms with E-state index < -0.39 is 6.03 Å². The number of fused-ring (bicyclic) bond motifs is 1. The minimum Gasteiger partial charge on any atom is -0.352 e. The van der Waals surface area contributed by atoms with Gasteiger partial charge in [0.2, 0.25) is 5.95 Å². The number of urea groups is 1. The maximum absolute atomic E-state index is 10.4. The molecule has 4 N–H and O–H groups in total. The number of halogens is 1. The van der Waals surface area contributed by atoms with E-state index in [-0.39, 0.29) is 0 Å². The Morgan fingerprint density at radius 3 is 3.06 bits per heavy atom. The molecule has 2 aromatic rings. The number of hydrogen-bond acceptors (Lipinski definition) is 4. The van der Waals surface area contributed by atoms with Crippen molar-refractivity contribution in [3.05, 3.63) is 22.8 Å². The average molecular weight is 299 g/mol. The fourth-order valence-corrected chi connectivity index (χ4v) is 1.62. The van der Waals surface area contributed by atoms with Crippen LogP contribution in [0.2, 0.25) is 0 Å². The molecule has 0 bridgehead atoms. The van der Waals surface area contributed by atoms with E-state index in [1.54, 1.807) is 4.52 Å². The predicted octanol–water partition coefficient (Wildman–Crippen LogP) is 0.572. The number of anilines is 1. The Hall–Kier alpha value is -1.83. The summed E-state index contributed by atoms with van der Waals surface area (Å²) in [6.45, 7) is 0.940. The third kappa shape index (κ3) is 3.06. The Kier molecular flexibility index (Phi) is 3.43. The molecule has 90 valence electrons. The normalized spacial score (nSPS) is 10.4. The Morgan fingerprint density at radius 1 is 1.47 bits per heavy atom. The molecular formula is C9H11BrN6O. The van der Waals surface area contributed by atoms with Gasteiger partial charge >= 0.3 is 6.03 Å². The number of nitrogens with zero attached hydrogens (tertiary/aromatic N) is 3. The van der Waals surface area contributed by atoms with E-state index in [0.717, 1.165) is 10.1 Å². The number of aromatic nitrogens is 3. The lowest BCUT2D eigenvalue weighted by molar-refractivity contribution is 0.249. The second-order valence-corrected chi connectivity index (χ2v) is 4.22. The van der Waals surface area contributed by atoms with Gasteiger partial charge in [-0.1, -0.05) is 0 Å². The summed E-state index contributed by atoms with van der Waals surface area (Å²) >= 11 is 3.35. The minimum atomic E-state index is -0.543. The van der Waals surface area contributed by atoms with Gasteiger partial charge in [0.25, 0.3) is 0 Å². The molecule has 17 heavy (non-hydrogen) atoms. The van der Waals surface area contributed by atoms with E-state index >= 15 is 0 Å². The lowest BCUT2D eigenvalue weighted by Gasteiger charge is -2.01. The number of carbonyl (C=O) groups is 1. The van der Waals surface area contributed by atoms with Crippen molar-refractivity contribution in [2.45, 2.75) is 0 Å². The molecule has 0 fully saturated rings. The number of nitrogens with two attached hydrogens (primary N) is 1. The third-order valence-corrected chi connectivity index (χ3v) is 2.47. The van der Waals surface area contributed by atoms with Gasteiger partial charge in [-0.05, 0) is 28.1 Å². The molecule has 2 heterocycles. The SMILES string of the molecule is NC(=O)NCCNc1nc2ccc(Br)cn2n1. The van der Waals surface area contributed by atoms with E-state index in [0.29, 0.717) is 19.0 Å². The van der Waals surface area contributed by atoms with E-state index in [4.69, 9.17) is 5.73 Å². The van der Waals surface area contributed by atoms with Crippen molar-refractivity contribution in [2.24, 2.45) is 5.73 Å². The van der Waals surface area contributed by atoms with Crippen molar-refractivity contribution in [1.82, 2.24) is 19.9 Å². The number of primary amides is 1. The van der Waals surface area contributed by atoms with Gasteiger partial charge in [0.15, 0.2) is 5.65 Å². The summed E-state index contributed by atoms with van der Waals surface area (Å²) in [4.78, 5) is 14.7. The van der Waals surface area contributed by atoms with Crippen LogP contribution >= 0.6 is 15.9 Å². The van der Waals surface area contributed by atoms with Crippen LogP contribution in [0.4, 0.5) is 10.7 Å². The summed E-state index contributed by atoms with van der Waals surface area (Å²) in [6, 6.07) is 3.20. The van der Waals surface area contributed by atoms with E-state index in [1.807, 2.05) is 18.3 Å². The zero-order valence-corrected chi connectivity index (χ0v) is 10.4. The second-order valence-electron chi connectivity index (χ2n) is 3.30. The van der Waals surface area contributed by atoms with Crippen LogP contribution < -0.4 is 16.4 Å². The van der Waals surface area contributed by atoms with Gasteiger partial charge in [-0.3, -0.25) is 0 Å². The summed E-state index contributed by atoms with van der Waals surface area (Å²) in [7, 11) is 0. The summed E-state index contributed by atoms with van der Waals surface area (Å²) in [5.74, 6) is 0.509. The van der Waals surface area contributed by atoms with Crippen molar-refractivity contribution >= 4 is 33.6 Å². The number of carbonyl (C=O) groups excluding carboxylic acids is 1. The first-order valence-corrected chi connectivity index (χ1v) is 5.73. The molecule has 0 aliphatic carbocycles. The molecule has 2 rings (SSSR count). The molecule has 2 aromatic heterocycles. The monoisotopic (exact) mass is 298 g/mol. The van der Waals surface area contributed by atoms with E-state index in [9.17, 15) is 4.79 Å². The van der Waals surface area contributed by atoms with Gasteiger partial charge in [-0.15, -0.1) is 5.10 Å². The molecule has 2 amide bonds. The third-order valence-electron chi connectivity index (χ3n) is 2.00. The average Bonchev–Trinajstić information content (AvgIpc) is 2.66. The highest BCUT2D eigenvalue weighted by atomic mass is 79.9. The van der Waals surface area contributed by atoms with Crippen molar-refractivity contribution in [3.8, 4) is 0 Å². The standard InChI is InChI=1S/C9H11BrN6O/c10-6-1-2-7-14-9(15-16(7)5-6)13-4-3-12-8(11)17/h1-2,5H,3-4H2,(H,13,15)(H3,11,12,17). The number of nitrogens with one attached hydrogen (secondary N) is 2. The molecule has 7 nitrogen and oxygen atoms in total. The number of pyridine rings is 1. The van der Waals surface area contributed by atoms with Gasteiger partial charge in [-0.2, -0.15) is 4.98 Å². The van der Waals surface area contributed by atoms with Crippen LogP contribution in [0.15, 0.2) is 22.8 Å².